The van der Waals surface area contributed by atoms with Crippen LogP contribution in [0.15, 0.2) is 60.8 Å². The first kappa shape index (κ1) is 23.1. The Hall–Kier alpha value is -3.61. The molecule has 0 fully saturated rings. The molecule has 35 heavy (non-hydrogen) atoms. The molecule has 4 aromatic rings. The molecule has 0 unspecified atom stereocenters. The zero-order valence-corrected chi connectivity index (χ0v) is 20.7. The number of carbonyl (C=O) groups is 2. The fraction of sp³-hybridized carbons (Fsp3) is 0.214. The van der Waals surface area contributed by atoms with E-state index in [2.05, 4.69) is 27.7 Å². The van der Waals surface area contributed by atoms with Crippen LogP contribution in [0.1, 0.15) is 17.5 Å². The van der Waals surface area contributed by atoms with E-state index in [1.54, 1.807) is 6.07 Å². The SMILES string of the molecule is CNCCCN(C)c1ccc2ccc(Cl)c(C3=C(c4cn(C)c5ccccc45)C(=O)NC3=O)c2c1. The third-order valence-corrected chi connectivity index (χ3v) is 6.98. The predicted octanol–water partition coefficient (Wildman–Crippen LogP) is 4.60. The summed E-state index contributed by atoms with van der Waals surface area (Å²) in [5.41, 5.74) is 3.98. The third kappa shape index (κ3) is 3.99. The molecule has 0 saturated heterocycles. The number of fused-ring (bicyclic) bond motifs is 2. The first-order chi connectivity index (χ1) is 16.9. The Balaban J connectivity index is 1.74. The van der Waals surface area contributed by atoms with Gasteiger partial charge < -0.3 is 14.8 Å². The number of rotatable bonds is 7. The Kier molecular flexibility index (Phi) is 6.09. The zero-order chi connectivity index (χ0) is 24.7. The van der Waals surface area contributed by atoms with Crippen molar-refractivity contribution in [3.05, 3.63) is 76.9 Å². The molecule has 1 aromatic heterocycles. The van der Waals surface area contributed by atoms with Crippen molar-refractivity contribution < 1.29 is 9.59 Å². The summed E-state index contributed by atoms with van der Waals surface area (Å²) in [5, 5.41) is 8.83. The van der Waals surface area contributed by atoms with Crippen LogP contribution in [0.5, 0.6) is 0 Å². The van der Waals surface area contributed by atoms with E-state index in [4.69, 9.17) is 11.6 Å². The number of halogens is 1. The maximum absolute atomic E-state index is 13.2. The summed E-state index contributed by atoms with van der Waals surface area (Å²) in [6.07, 6.45) is 2.90. The Labute approximate surface area is 209 Å². The quantitative estimate of drug-likeness (QED) is 0.296. The lowest BCUT2D eigenvalue weighted by Crippen LogP contribution is -2.23. The van der Waals surface area contributed by atoms with Crippen LogP contribution in [0, 0.1) is 0 Å². The number of aryl methyl sites for hydroxylation is 1. The van der Waals surface area contributed by atoms with Gasteiger partial charge in [-0.05, 0) is 55.1 Å². The van der Waals surface area contributed by atoms with Crippen molar-refractivity contribution in [1.82, 2.24) is 15.2 Å². The second-order valence-corrected chi connectivity index (χ2v) is 9.32. The lowest BCUT2D eigenvalue weighted by atomic mass is 9.92. The highest BCUT2D eigenvalue weighted by molar-refractivity contribution is 6.52. The molecule has 0 atom stereocenters. The molecule has 2 amide bonds. The van der Waals surface area contributed by atoms with Gasteiger partial charge in [-0.25, -0.2) is 0 Å². The molecule has 0 bridgehead atoms. The topological polar surface area (TPSA) is 66.4 Å². The number of para-hydroxylation sites is 1. The number of benzene rings is 3. The monoisotopic (exact) mass is 486 g/mol. The Morgan fingerprint density at radius 1 is 1.00 bits per heavy atom. The summed E-state index contributed by atoms with van der Waals surface area (Å²) in [5.74, 6) is -0.838. The van der Waals surface area contributed by atoms with Gasteiger partial charge >= 0.3 is 0 Å². The summed E-state index contributed by atoms with van der Waals surface area (Å²) in [4.78, 5) is 28.5. The van der Waals surface area contributed by atoms with Crippen molar-refractivity contribution in [1.29, 1.82) is 0 Å². The van der Waals surface area contributed by atoms with Gasteiger partial charge in [-0.2, -0.15) is 0 Å². The van der Waals surface area contributed by atoms with E-state index in [-0.39, 0.29) is 0 Å². The van der Waals surface area contributed by atoms with Crippen LogP contribution in [-0.2, 0) is 16.6 Å². The Morgan fingerprint density at radius 2 is 1.74 bits per heavy atom. The van der Waals surface area contributed by atoms with Crippen LogP contribution in [0.4, 0.5) is 5.69 Å². The number of imide groups is 1. The van der Waals surface area contributed by atoms with E-state index in [0.29, 0.717) is 21.7 Å². The fourth-order valence-electron chi connectivity index (χ4n) is 4.89. The molecule has 2 N–H and O–H groups in total. The van der Waals surface area contributed by atoms with Gasteiger partial charge in [0.2, 0.25) is 0 Å². The van der Waals surface area contributed by atoms with Gasteiger partial charge in [-0.3, -0.25) is 14.9 Å². The summed E-state index contributed by atoms with van der Waals surface area (Å²) in [6.45, 7) is 1.81. The van der Waals surface area contributed by atoms with Crippen LogP contribution >= 0.6 is 11.6 Å². The molecule has 0 spiro atoms. The number of carbonyl (C=O) groups excluding carboxylic acids is 2. The third-order valence-electron chi connectivity index (χ3n) is 6.66. The van der Waals surface area contributed by atoms with Gasteiger partial charge in [0.1, 0.15) is 0 Å². The smallest absolute Gasteiger partial charge is 0.259 e. The first-order valence-corrected chi connectivity index (χ1v) is 12.0. The maximum atomic E-state index is 13.2. The number of amides is 2. The maximum Gasteiger partial charge on any atom is 0.259 e. The van der Waals surface area contributed by atoms with Crippen molar-refractivity contribution in [2.75, 3.05) is 32.1 Å². The van der Waals surface area contributed by atoms with E-state index >= 15 is 0 Å². The second kappa shape index (κ2) is 9.21. The number of nitrogens with one attached hydrogen (secondary N) is 2. The van der Waals surface area contributed by atoms with Gasteiger partial charge in [-0.15, -0.1) is 0 Å². The van der Waals surface area contributed by atoms with Crippen molar-refractivity contribution in [2.45, 2.75) is 6.42 Å². The van der Waals surface area contributed by atoms with Crippen molar-refractivity contribution in [3.63, 3.8) is 0 Å². The molecule has 6 nitrogen and oxygen atoms in total. The van der Waals surface area contributed by atoms with E-state index in [0.717, 1.165) is 52.4 Å². The molecule has 0 radical (unpaired) electrons. The van der Waals surface area contributed by atoms with Gasteiger partial charge in [-0.1, -0.05) is 41.9 Å². The van der Waals surface area contributed by atoms with E-state index in [1.165, 1.54) is 0 Å². The lowest BCUT2D eigenvalue weighted by Gasteiger charge is -2.21. The average Bonchev–Trinajstić information content (AvgIpc) is 3.33. The molecular formula is C28H27ClN4O2. The molecule has 0 aliphatic carbocycles. The van der Waals surface area contributed by atoms with E-state index in [9.17, 15) is 9.59 Å². The highest BCUT2D eigenvalue weighted by atomic mass is 35.5. The van der Waals surface area contributed by atoms with E-state index in [1.807, 2.05) is 68.3 Å². The van der Waals surface area contributed by atoms with Crippen LogP contribution < -0.4 is 15.5 Å². The molecule has 1 aliphatic rings. The number of aromatic nitrogens is 1. The zero-order valence-electron chi connectivity index (χ0n) is 20.0. The van der Waals surface area contributed by atoms with Gasteiger partial charge in [0, 0.05) is 59.6 Å². The van der Waals surface area contributed by atoms with Crippen LogP contribution in [-0.4, -0.2) is 43.6 Å². The molecule has 1 aliphatic heterocycles. The van der Waals surface area contributed by atoms with Crippen LogP contribution in [0.2, 0.25) is 5.02 Å². The first-order valence-electron chi connectivity index (χ1n) is 11.6. The largest absolute Gasteiger partial charge is 0.375 e. The molecule has 7 heteroatoms. The molecule has 3 aromatic carbocycles. The lowest BCUT2D eigenvalue weighted by molar-refractivity contribution is -0.122. The van der Waals surface area contributed by atoms with Crippen LogP contribution in [0.3, 0.4) is 0 Å². The Bertz CT molecular complexity index is 1520. The summed E-state index contributed by atoms with van der Waals surface area (Å²) < 4.78 is 1.97. The number of nitrogens with zero attached hydrogens (tertiary/aromatic N) is 2. The summed E-state index contributed by atoms with van der Waals surface area (Å²) in [6, 6.07) is 17.7. The van der Waals surface area contributed by atoms with Crippen molar-refractivity contribution >= 4 is 61.9 Å². The minimum absolute atomic E-state index is 0.317. The molecule has 5 rings (SSSR count). The van der Waals surface area contributed by atoms with Gasteiger partial charge in [0.25, 0.3) is 11.8 Å². The molecule has 0 saturated carbocycles. The minimum Gasteiger partial charge on any atom is -0.375 e. The highest BCUT2D eigenvalue weighted by Crippen LogP contribution is 2.41. The van der Waals surface area contributed by atoms with Crippen molar-refractivity contribution in [2.24, 2.45) is 7.05 Å². The van der Waals surface area contributed by atoms with Crippen LogP contribution in [0.25, 0.3) is 32.8 Å². The Morgan fingerprint density at radius 3 is 2.54 bits per heavy atom. The molecular weight excluding hydrogens is 460 g/mol. The number of hydrogen-bond acceptors (Lipinski definition) is 4. The number of anilines is 1. The predicted molar refractivity (Wildman–Crippen MR) is 144 cm³/mol. The summed E-state index contributed by atoms with van der Waals surface area (Å²) in [7, 11) is 5.93. The normalized spacial score (nSPS) is 13.8. The second-order valence-electron chi connectivity index (χ2n) is 8.91. The standard InChI is InChI=1S/C28H27ClN4O2/c1-30-13-6-14-32(2)18-11-9-17-10-12-22(29)24(20(17)15-18)26-25(27(34)31-28(26)35)21-16-33(3)23-8-5-4-7-19(21)23/h4-5,7-12,15-16,30H,6,13-14H2,1-3H3,(H,31,34,35). The van der Waals surface area contributed by atoms with Crippen molar-refractivity contribution in [3.8, 4) is 0 Å². The summed E-state index contributed by atoms with van der Waals surface area (Å²) >= 11 is 6.75. The van der Waals surface area contributed by atoms with Gasteiger partial charge in [0.15, 0.2) is 0 Å². The average molecular weight is 487 g/mol. The fourth-order valence-corrected chi connectivity index (χ4v) is 5.15. The van der Waals surface area contributed by atoms with Gasteiger partial charge in [0.05, 0.1) is 11.1 Å². The highest BCUT2D eigenvalue weighted by Gasteiger charge is 2.35. The minimum atomic E-state index is -0.430. The number of hydrogen-bond donors (Lipinski definition) is 2. The molecule has 178 valence electrons. The molecule has 2 heterocycles. The van der Waals surface area contributed by atoms with E-state index < -0.39 is 11.8 Å².